The van der Waals surface area contributed by atoms with Gasteiger partial charge in [-0.05, 0) is 25.5 Å². The Morgan fingerprint density at radius 3 is 2.88 bits per heavy atom. The van der Waals surface area contributed by atoms with Crippen LogP contribution in [0, 0.1) is 5.82 Å². The predicted molar refractivity (Wildman–Crippen MR) is 62.6 cm³/mol. The number of methoxy groups -OCH3 is 1. The molecule has 1 N–H and O–H groups in total. The van der Waals surface area contributed by atoms with Crippen LogP contribution in [0.4, 0.5) is 10.1 Å². The summed E-state index contributed by atoms with van der Waals surface area (Å²) in [6.07, 6.45) is 0.852. The first-order chi connectivity index (χ1) is 7.77. The summed E-state index contributed by atoms with van der Waals surface area (Å²) in [6, 6.07) is 4.64. The van der Waals surface area contributed by atoms with Gasteiger partial charge in [0.2, 0.25) is 0 Å². The van der Waals surface area contributed by atoms with Crippen LogP contribution >= 0.6 is 0 Å². The summed E-state index contributed by atoms with van der Waals surface area (Å²) in [4.78, 5) is 0. The summed E-state index contributed by atoms with van der Waals surface area (Å²) in [6.45, 7) is 4.04. The Morgan fingerprint density at radius 1 is 1.38 bits per heavy atom. The summed E-state index contributed by atoms with van der Waals surface area (Å²) in [5.41, 5.74) is 0.468. The van der Waals surface area contributed by atoms with E-state index in [1.54, 1.807) is 19.2 Å². The number of hydrogen-bond donors (Lipinski definition) is 1. The third-order valence-electron chi connectivity index (χ3n) is 2.16. The molecule has 0 aromatic heterocycles. The molecular weight excluding hydrogens is 209 g/mol. The zero-order chi connectivity index (χ0) is 11.8. The van der Waals surface area contributed by atoms with Crippen molar-refractivity contribution in [1.29, 1.82) is 0 Å². The second-order valence-electron chi connectivity index (χ2n) is 3.32. The normalized spacial score (nSPS) is 10.2. The van der Waals surface area contributed by atoms with Crippen LogP contribution in [0.3, 0.4) is 0 Å². The monoisotopic (exact) mass is 227 g/mol. The fraction of sp³-hybridized carbons (Fsp3) is 0.500. The van der Waals surface area contributed by atoms with E-state index in [-0.39, 0.29) is 5.82 Å². The highest BCUT2D eigenvalue weighted by molar-refractivity contribution is 5.49. The third kappa shape index (κ3) is 4.06. The highest BCUT2D eigenvalue weighted by atomic mass is 19.1. The van der Waals surface area contributed by atoms with Crippen molar-refractivity contribution in [2.45, 2.75) is 13.3 Å². The molecule has 0 heterocycles. The first kappa shape index (κ1) is 12.8. The van der Waals surface area contributed by atoms with Crippen molar-refractivity contribution in [1.82, 2.24) is 0 Å². The van der Waals surface area contributed by atoms with Crippen LogP contribution in [-0.4, -0.2) is 26.9 Å². The van der Waals surface area contributed by atoms with Gasteiger partial charge in [-0.3, -0.25) is 0 Å². The van der Waals surface area contributed by atoms with Crippen molar-refractivity contribution >= 4 is 5.69 Å². The maximum Gasteiger partial charge on any atom is 0.146 e. The van der Waals surface area contributed by atoms with Crippen LogP contribution in [0.15, 0.2) is 18.2 Å². The van der Waals surface area contributed by atoms with Gasteiger partial charge in [-0.2, -0.15) is 0 Å². The van der Waals surface area contributed by atoms with E-state index in [4.69, 9.17) is 9.47 Å². The maximum absolute atomic E-state index is 13.3. The van der Waals surface area contributed by atoms with Gasteiger partial charge in [0.25, 0.3) is 0 Å². The molecule has 0 radical (unpaired) electrons. The van der Waals surface area contributed by atoms with Crippen molar-refractivity contribution in [2.75, 3.05) is 32.2 Å². The molecule has 0 aliphatic rings. The Labute approximate surface area is 95.6 Å². The standard InChI is InChI=1S/C12H18FNO2/c1-3-16-8-4-7-14-12-9-10(15-2)5-6-11(12)13/h5-6,9,14H,3-4,7-8H2,1-2H3. The van der Waals surface area contributed by atoms with Crippen LogP contribution in [0.25, 0.3) is 0 Å². The molecular formula is C12H18FNO2. The molecule has 0 unspecified atom stereocenters. The lowest BCUT2D eigenvalue weighted by Crippen LogP contribution is -2.07. The molecule has 0 atom stereocenters. The van der Waals surface area contributed by atoms with Gasteiger partial charge in [0, 0.05) is 25.8 Å². The minimum atomic E-state index is -0.266. The fourth-order valence-electron chi connectivity index (χ4n) is 1.31. The average Bonchev–Trinajstić information content (AvgIpc) is 2.31. The molecule has 1 rings (SSSR count). The molecule has 0 bridgehead atoms. The van der Waals surface area contributed by atoms with E-state index in [0.29, 0.717) is 31.2 Å². The average molecular weight is 227 g/mol. The molecule has 0 saturated carbocycles. The van der Waals surface area contributed by atoms with Crippen LogP contribution in [0.5, 0.6) is 5.75 Å². The lowest BCUT2D eigenvalue weighted by molar-refractivity contribution is 0.147. The summed E-state index contributed by atoms with van der Waals surface area (Å²) < 4.78 is 23.5. The quantitative estimate of drug-likeness (QED) is 0.726. The SMILES string of the molecule is CCOCCCNc1cc(OC)ccc1F. The van der Waals surface area contributed by atoms with E-state index in [0.717, 1.165) is 6.42 Å². The van der Waals surface area contributed by atoms with Crippen molar-refractivity contribution < 1.29 is 13.9 Å². The van der Waals surface area contributed by atoms with E-state index >= 15 is 0 Å². The van der Waals surface area contributed by atoms with Gasteiger partial charge in [0.1, 0.15) is 11.6 Å². The summed E-state index contributed by atoms with van der Waals surface area (Å²) in [7, 11) is 1.56. The summed E-state index contributed by atoms with van der Waals surface area (Å²) >= 11 is 0. The Balaban J connectivity index is 2.40. The summed E-state index contributed by atoms with van der Waals surface area (Å²) in [5.74, 6) is 0.380. The second-order valence-corrected chi connectivity index (χ2v) is 3.32. The minimum Gasteiger partial charge on any atom is -0.497 e. The first-order valence-corrected chi connectivity index (χ1v) is 5.43. The number of halogens is 1. The van der Waals surface area contributed by atoms with E-state index in [1.807, 2.05) is 6.92 Å². The molecule has 90 valence electrons. The molecule has 16 heavy (non-hydrogen) atoms. The molecule has 0 aliphatic carbocycles. The maximum atomic E-state index is 13.3. The Morgan fingerprint density at radius 2 is 2.19 bits per heavy atom. The van der Waals surface area contributed by atoms with E-state index in [9.17, 15) is 4.39 Å². The van der Waals surface area contributed by atoms with E-state index < -0.39 is 0 Å². The van der Waals surface area contributed by atoms with Gasteiger partial charge in [0.05, 0.1) is 12.8 Å². The third-order valence-corrected chi connectivity index (χ3v) is 2.16. The van der Waals surface area contributed by atoms with Gasteiger partial charge in [-0.1, -0.05) is 0 Å². The largest absolute Gasteiger partial charge is 0.497 e. The zero-order valence-corrected chi connectivity index (χ0v) is 9.75. The molecule has 1 aromatic carbocycles. The fourth-order valence-corrected chi connectivity index (χ4v) is 1.31. The van der Waals surface area contributed by atoms with Gasteiger partial charge in [-0.15, -0.1) is 0 Å². The molecule has 0 amide bonds. The minimum absolute atomic E-state index is 0.266. The van der Waals surface area contributed by atoms with Crippen LogP contribution < -0.4 is 10.1 Å². The van der Waals surface area contributed by atoms with Crippen molar-refractivity contribution in [3.63, 3.8) is 0 Å². The number of benzene rings is 1. The number of ether oxygens (including phenoxy) is 2. The summed E-state index contributed by atoms with van der Waals surface area (Å²) in [5, 5.41) is 3.01. The molecule has 0 fully saturated rings. The lowest BCUT2D eigenvalue weighted by atomic mass is 10.2. The number of anilines is 1. The van der Waals surface area contributed by atoms with E-state index in [1.165, 1.54) is 6.07 Å². The van der Waals surface area contributed by atoms with Crippen LogP contribution in [-0.2, 0) is 4.74 Å². The first-order valence-electron chi connectivity index (χ1n) is 5.43. The van der Waals surface area contributed by atoms with Crippen molar-refractivity contribution in [3.8, 4) is 5.75 Å². The topological polar surface area (TPSA) is 30.5 Å². The van der Waals surface area contributed by atoms with Crippen LogP contribution in [0.2, 0.25) is 0 Å². The van der Waals surface area contributed by atoms with Gasteiger partial charge in [0.15, 0.2) is 0 Å². The predicted octanol–water partition coefficient (Wildman–Crippen LogP) is 2.67. The number of nitrogens with one attached hydrogen (secondary N) is 1. The highest BCUT2D eigenvalue weighted by Crippen LogP contribution is 2.20. The molecule has 0 aliphatic heterocycles. The lowest BCUT2D eigenvalue weighted by Gasteiger charge is -2.09. The molecule has 0 spiro atoms. The van der Waals surface area contributed by atoms with Crippen LogP contribution in [0.1, 0.15) is 13.3 Å². The Kier molecular flexibility index (Phi) is 5.64. The Hall–Kier alpha value is -1.29. The zero-order valence-electron chi connectivity index (χ0n) is 9.75. The number of hydrogen-bond acceptors (Lipinski definition) is 3. The smallest absolute Gasteiger partial charge is 0.146 e. The van der Waals surface area contributed by atoms with Gasteiger partial charge >= 0.3 is 0 Å². The molecule has 0 saturated heterocycles. The molecule has 1 aromatic rings. The van der Waals surface area contributed by atoms with Gasteiger partial charge in [-0.25, -0.2) is 4.39 Å². The Bertz CT molecular complexity index is 318. The van der Waals surface area contributed by atoms with Crippen molar-refractivity contribution in [2.24, 2.45) is 0 Å². The highest BCUT2D eigenvalue weighted by Gasteiger charge is 2.02. The van der Waals surface area contributed by atoms with E-state index in [2.05, 4.69) is 5.32 Å². The number of rotatable bonds is 7. The molecule has 4 heteroatoms. The van der Waals surface area contributed by atoms with Gasteiger partial charge < -0.3 is 14.8 Å². The second kappa shape index (κ2) is 7.06. The molecule has 3 nitrogen and oxygen atoms in total. The van der Waals surface area contributed by atoms with Crippen molar-refractivity contribution in [3.05, 3.63) is 24.0 Å².